The molecule has 0 aliphatic rings. The van der Waals surface area contributed by atoms with Crippen LogP contribution in [0.2, 0.25) is 5.02 Å². The first-order valence-corrected chi connectivity index (χ1v) is 8.06. The molecule has 0 spiro atoms. The Morgan fingerprint density at radius 2 is 1.88 bits per heavy atom. The molecule has 2 aromatic rings. The first-order chi connectivity index (χ1) is 12.0. The van der Waals surface area contributed by atoms with Gasteiger partial charge in [-0.1, -0.05) is 30.7 Å². The first kappa shape index (κ1) is 18.6. The highest BCUT2D eigenvalue weighted by molar-refractivity contribution is 6.32. The molecule has 0 radical (unpaired) electrons. The normalized spacial score (nSPS) is 10.2. The fourth-order valence-electron chi connectivity index (χ4n) is 1.99. The van der Waals surface area contributed by atoms with E-state index in [2.05, 4.69) is 5.32 Å². The van der Waals surface area contributed by atoms with Gasteiger partial charge in [-0.3, -0.25) is 4.79 Å². The third-order valence-electron chi connectivity index (χ3n) is 3.16. The first-order valence-electron chi connectivity index (χ1n) is 7.68. The van der Waals surface area contributed by atoms with Crippen molar-refractivity contribution in [3.63, 3.8) is 0 Å². The van der Waals surface area contributed by atoms with Gasteiger partial charge < -0.3 is 19.9 Å². The number of hydrogen-bond donors (Lipinski definition) is 2. The number of aromatic carboxylic acids is 1. The van der Waals surface area contributed by atoms with Crippen molar-refractivity contribution < 1.29 is 24.2 Å². The highest BCUT2D eigenvalue weighted by atomic mass is 35.5. The molecule has 0 aromatic heterocycles. The number of amides is 1. The van der Waals surface area contributed by atoms with E-state index in [1.165, 1.54) is 18.2 Å². The SMILES string of the molecule is CCCOc1ccc(C(=O)O)cc1NC(=O)COc1ccccc1Cl. The van der Waals surface area contributed by atoms with E-state index in [1.54, 1.807) is 24.3 Å². The predicted molar refractivity (Wildman–Crippen MR) is 94.8 cm³/mol. The van der Waals surface area contributed by atoms with Crippen LogP contribution in [0.3, 0.4) is 0 Å². The standard InChI is InChI=1S/C18H18ClNO5/c1-2-9-24-16-8-7-12(18(22)23)10-14(16)20-17(21)11-25-15-6-4-3-5-13(15)19/h3-8,10H,2,9,11H2,1H3,(H,20,21)(H,22,23). The van der Waals surface area contributed by atoms with Crippen molar-refractivity contribution in [1.82, 2.24) is 0 Å². The number of ether oxygens (including phenoxy) is 2. The molecular formula is C18H18ClNO5. The predicted octanol–water partition coefficient (Wildman–Crippen LogP) is 3.84. The third kappa shape index (κ3) is 5.39. The van der Waals surface area contributed by atoms with Crippen molar-refractivity contribution in [1.29, 1.82) is 0 Å². The van der Waals surface area contributed by atoms with E-state index in [9.17, 15) is 9.59 Å². The highest BCUT2D eigenvalue weighted by Gasteiger charge is 2.13. The van der Waals surface area contributed by atoms with Crippen molar-refractivity contribution in [3.8, 4) is 11.5 Å². The number of carboxylic acids is 1. The molecule has 0 fully saturated rings. The van der Waals surface area contributed by atoms with Gasteiger partial charge in [-0.25, -0.2) is 4.79 Å². The number of para-hydroxylation sites is 1. The van der Waals surface area contributed by atoms with Crippen LogP contribution in [0.15, 0.2) is 42.5 Å². The molecule has 132 valence electrons. The summed E-state index contributed by atoms with van der Waals surface area (Å²) in [5.41, 5.74) is 0.326. The van der Waals surface area contributed by atoms with Crippen LogP contribution in [0.25, 0.3) is 0 Å². The number of anilines is 1. The average molecular weight is 364 g/mol. The number of carbonyl (C=O) groups is 2. The van der Waals surface area contributed by atoms with Crippen LogP contribution in [0.4, 0.5) is 5.69 Å². The molecule has 0 heterocycles. The Hall–Kier alpha value is -2.73. The van der Waals surface area contributed by atoms with Gasteiger partial charge in [0.2, 0.25) is 0 Å². The maximum absolute atomic E-state index is 12.1. The van der Waals surface area contributed by atoms with Gasteiger partial charge in [-0.05, 0) is 36.8 Å². The fourth-order valence-corrected chi connectivity index (χ4v) is 2.18. The molecular weight excluding hydrogens is 346 g/mol. The Bertz CT molecular complexity index is 763. The summed E-state index contributed by atoms with van der Waals surface area (Å²) in [6.07, 6.45) is 0.781. The van der Waals surface area contributed by atoms with Crippen molar-refractivity contribution in [2.24, 2.45) is 0 Å². The van der Waals surface area contributed by atoms with E-state index < -0.39 is 11.9 Å². The fraction of sp³-hybridized carbons (Fsp3) is 0.222. The molecule has 0 aliphatic carbocycles. The molecule has 0 saturated carbocycles. The zero-order valence-corrected chi connectivity index (χ0v) is 14.4. The lowest BCUT2D eigenvalue weighted by molar-refractivity contribution is -0.118. The van der Waals surface area contributed by atoms with E-state index in [0.29, 0.717) is 23.1 Å². The average Bonchev–Trinajstić information content (AvgIpc) is 2.59. The molecule has 6 nitrogen and oxygen atoms in total. The second-order valence-electron chi connectivity index (χ2n) is 5.13. The minimum Gasteiger partial charge on any atom is -0.491 e. The van der Waals surface area contributed by atoms with Crippen molar-refractivity contribution in [2.75, 3.05) is 18.5 Å². The van der Waals surface area contributed by atoms with E-state index >= 15 is 0 Å². The third-order valence-corrected chi connectivity index (χ3v) is 3.47. The van der Waals surface area contributed by atoms with Crippen LogP contribution >= 0.6 is 11.6 Å². The second kappa shape index (κ2) is 8.94. The van der Waals surface area contributed by atoms with Gasteiger partial charge in [-0.15, -0.1) is 0 Å². The molecule has 0 saturated heterocycles. The molecule has 7 heteroatoms. The van der Waals surface area contributed by atoms with E-state index in [-0.39, 0.29) is 17.9 Å². The zero-order valence-electron chi connectivity index (χ0n) is 13.6. The zero-order chi connectivity index (χ0) is 18.2. The minimum atomic E-state index is -1.09. The molecule has 2 aromatic carbocycles. The van der Waals surface area contributed by atoms with Gasteiger partial charge in [0.1, 0.15) is 11.5 Å². The van der Waals surface area contributed by atoms with Crippen molar-refractivity contribution >= 4 is 29.2 Å². The van der Waals surface area contributed by atoms with E-state index in [1.807, 2.05) is 6.92 Å². The molecule has 0 unspecified atom stereocenters. The summed E-state index contributed by atoms with van der Waals surface area (Å²) in [5.74, 6) is -0.757. The van der Waals surface area contributed by atoms with Crippen LogP contribution < -0.4 is 14.8 Å². The lowest BCUT2D eigenvalue weighted by Crippen LogP contribution is -2.21. The summed E-state index contributed by atoms with van der Waals surface area (Å²) in [4.78, 5) is 23.2. The van der Waals surface area contributed by atoms with E-state index in [4.69, 9.17) is 26.2 Å². The molecule has 2 N–H and O–H groups in total. The molecule has 2 rings (SSSR count). The van der Waals surface area contributed by atoms with Gasteiger partial charge in [-0.2, -0.15) is 0 Å². The Morgan fingerprint density at radius 1 is 1.12 bits per heavy atom. The number of hydrogen-bond acceptors (Lipinski definition) is 4. The van der Waals surface area contributed by atoms with Crippen LogP contribution in [0, 0.1) is 0 Å². The van der Waals surface area contributed by atoms with Crippen LogP contribution in [0.5, 0.6) is 11.5 Å². The maximum Gasteiger partial charge on any atom is 0.335 e. The van der Waals surface area contributed by atoms with Crippen molar-refractivity contribution in [2.45, 2.75) is 13.3 Å². The Kier molecular flexibility index (Phi) is 6.65. The lowest BCUT2D eigenvalue weighted by Gasteiger charge is -2.13. The summed E-state index contributed by atoms with van der Waals surface area (Å²) in [7, 11) is 0. The largest absolute Gasteiger partial charge is 0.491 e. The second-order valence-corrected chi connectivity index (χ2v) is 5.54. The number of benzene rings is 2. The molecule has 0 bridgehead atoms. The smallest absolute Gasteiger partial charge is 0.335 e. The molecule has 0 atom stereocenters. The van der Waals surface area contributed by atoms with Crippen LogP contribution in [0.1, 0.15) is 23.7 Å². The van der Waals surface area contributed by atoms with Gasteiger partial charge in [0.05, 0.1) is 22.9 Å². The number of carbonyl (C=O) groups excluding carboxylic acids is 1. The summed E-state index contributed by atoms with van der Waals surface area (Å²) < 4.78 is 10.9. The number of halogens is 1. The van der Waals surface area contributed by atoms with E-state index in [0.717, 1.165) is 6.42 Å². The maximum atomic E-state index is 12.1. The van der Waals surface area contributed by atoms with Gasteiger partial charge in [0.25, 0.3) is 5.91 Å². The molecule has 0 aliphatic heterocycles. The van der Waals surface area contributed by atoms with Crippen LogP contribution in [-0.2, 0) is 4.79 Å². The number of rotatable bonds is 8. The Labute approximate surface area is 150 Å². The number of nitrogens with one attached hydrogen (secondary N) is 1. The molecule has 1 amide bonds. The summed E-state index contributed by atoms with van der Waals surface area (Å²) in [5, 5.41) is 12.1. The van der Waals surface area contributed by atoms with Gasteiger partial charge >= 0.3 is 5.97 Å². The monoisotopic (exact) mass is 363 g/mol. The molecule has 25 heavy (non-hydrogen) atoms. The summed E-state index contributed by atoms with van der Waals surface area (Å²) >= 11 is 5.96. The summed E-state index contributed by atoms with van der Waals surface area (Å²) in [6, 6.07) is 11.1. The highest BCUT2D eigenvalue weighted by Crippen LogP contribution is 2.27. The van der Waals surface area contributed by atoms with Gasteiger partial charge in [0, 0.05) is 0 Å². The topological polar surface area (TPSA) is 84.9 Å². The minimum absolute atomic E-state index is 0.0474. The number of carboxylic acid groups (broad SMARTS) is 1. The Morgan fingerprint density at radius 3 is 2.56 bits per heavy atom. The lowest BCUT2D eigenvalue weighted by atomic mass is 10.2. The Balaban J connectivity index is 2.08. The van der Waals surface area contributed by atoms with Gasteiger partial charge in [0.15, 0.2) is 6.61 Å². The summed E-state index contributed by atoms with van der Waals surface area (Å²) in [6.45, 7) is 2.13. The van der Waals surface area contributed by atoms with Crippen LogP contribution in [-0.4, -0.2) is 30.2 Å². The quantitative estimate of drug-likeness (QED) is 0.744. The van der Waals surface area contributed by atoms with Crippen molar-refractivity contribution in [3.05, 3.63) is 53.1 Å².